The van der Waals surface area contributed by atoms with Gasteiger partial charge in [0, 0.05) is 0 Å². The molecule has 0 unspecified atom stereocenters. The predicted molar refractivity (Wildman–Crippen MR) is 109 cm³/mol. The highest BCUT2D eigenvalue weighted by atomic mass is 16.5. The van der Waals surface area contributed by atoms with E-state index in [-0.39, 0.29) is 18.6 Å². The van der Waals surface area contributed by atoms with Crippen LogP contribution in [0.4, 0.5) is 0 Å². The second-order valence-corrected chi connectivity index (χ2v) is 6.49. The number of nitrogens with zero attached hydrogens (tertiary/aromatic N) is 1. The lowest BCUT2D eigenvalue weighted by atomic mass is 10.0. The number of hydrogen-bond acceptors (Lipinski definition) is 3. The molecule has 4 rings (SSSR count). The summed E-state index contributed by atoms with van der Waals surface area (Å²) in [6.45, 7) is 0.299. The van der Waals surface area contributed by atoms with Crippen molar-refractivity contribution in [3.8, 4) is 0 Å². The van der Waals surface area contributed by atoms with Crippen molar-refractivity contribution in [3.05, 3.63) is 102 Å². The Hall–Kier alpha value is -3.44. The van der Waals surface area contributed by atoms with Gasteiger partial charge in [-0.3, -0.25) is 4.79 Å². The molecule has 4 aromatic rings. The van der Waals surface area contributed by atoms with Gasteiger partial charge in [-0.05, 0) is 23.3 Å². The van der Waals surface area contributed by atoms with E-state index in [1.165, 1.54) is 0 Å². The molecule has 28 heavy (non-hydrogen) atoms. The first-order valence-corrected chi connectivity index (χ1v) is 9.21. The van der Waals surface area contributed by atoms with Crippen LogP contribution < -0.4 is 5.32 Å². The first-order valence-electron chi connectivity index (χ1n) is 9.21. The van der Waals surface area contributed by atoms with E-state index >= 15 is 0 Å². The molecule has 0 aliphatic heterocycles. The third-order valence-corrected chi connectivity index (χ3v) is 4.48. The minimum absolute atomic E-state index is 0.0331. The second-order valence-electron chi connectivity index (χ2n) is 6.49. The van der Waals surface area contributed by atoms with Crippen LogP contribution in [0.15, 0.2) is 84.9 Å². The van der Waals surface area contributed by atoms with E-state index in [2.05, 4.69) is 15.3 Å². The first-order chi connectivity index (χ1) is 13.8. The number of H-pyrrole nitrogens is 1. The van der Waals surface area contributed by atoms with E-state index in [0.29, 0.717) is 6.54 Å². The Kier molecular flexibility index (Phi) is 5.45. The van der Waals surface area contributed by atoms with E-state index in [1.54, 1.807) is 0 Å². The fourth-order valence-corrected chi connectivity index (χ4v) is 3.12. The van der Waals surface area contributed by atoms with Crippen molar-refractivity contribution in [3.63, 3.8) is 0 Å². The number of rotatable bonds is 7. The summed E-state index contributed by atoms with van der Waals surface area (Å²) < 4.78 is 5.98. The highest BCUT2D eigenvalue weighted by Gasteiger charge is 2.16. The smallest absolute Gasteiger partial charge is 0.246 e. The summed E-state index contributed by atoms with van der Waals surface area (Å²) in [5.74, 6) is 0.537. The molecule has 0 atom stereocenters. The van der Waals surface area contributed by atoms with E-state index in [1.807, 2.05) is 84.9 Å². The third kappa shape index (κ3) is 4.27. The number of ether oxygens (including phenoxy) is 1. The molecule has 5 heteroatoms. The van der Waals surface area contributed by atoms with E-state index in [0.717, 1.165) is 28.0 Å². The van der Waals surface area contributed by atoms with Gasteiger partial charge >= 0.3 is 0 Å². The van der Waals surface area contributed by atoms with E-state index in [4.69, 9.17) is 4.74 Å². The SMILES string of the molecule is O=C(COC(c1ccccc1)c1ccccc1)NCc1nc2ccccc2[nH]1. The van der Waals surface area contributed by atoms with Crippen LogP contribution in [-0.4, -0.2) is 22.5 Å². The molecule has 0 saturated heterocycles. The third-order valence-electron chi connectivity index (χ3n) is 4.48. The average Bonchev–Trinajstić information content (AvgIpc) is 3.17. The van der Waals surface area contributed by atoms with Gasteiger partial charge in [-0.1, -0.05) is 72.8 Å². The molecule has 2 N–H and O–H groups in total. The van der Waals surface area contributed by atoms with Crippen molar-refractivity contribution >= 4 is 16.9 Å². The van der Waals surface area contributed by atoms with Gasteiger partial charge in [-0.2, -0.15) is 0 Å². The van der Waals surface area contributed by atoms with Gasteiger partial charge in [0.1, 0.15) is 18.5 Å². The van der Waals surface area contributed by atoms with Gasteiger partial charge in [0.25, 0.3) is 0 Å². The van der Waals surface area contributed by atoms with Crippen LogP contribution in [0.1, 0.15) is 23.1 Å². The van der Waals surface area contributed by atoms with Crippen molar-refractivity contribution in [1.29, 1.82) is 0 Å². The Morgan fingerprint density at radius 1 is 0.893 bits per heavy atom. The zero-order valence-electron chi connectivity index (χ0n) is 15.3. The van der Waals surface area contributed by atoms with Gasteiger partial charge in [-0.15, -0.1) is 0 Å². The molecule has 0 bridgehead atoms. The summed E-state index contributed by atoms with van der Waals surface area (Å²) in [5.41, 5.74) is 3.87. The number of carbonyl (C=O) groups excluding carboxylic acids is 1. The predicted octanol–water partition coefficient (Wildman–Crippen LogP) is 3.99. The van der Waals surface area contributed by atoms with Crippen LogP contribution in [0, 0.1) is 0 Å². The number of hydrogen-bond donors (Lipinski definition) is 2. The Morgan fingerprint density at radius 3 is 2.14 bits per heavy atom. The highest BCUT2D eigenvalue weighted by molar-refractivity contribution is 5.77. The van der Waals surface area contributed by atoms with Crippen LogP contribution in [0.5, 0.6) is 0 Å². The van der Waals surface area contributed by atoms with E-state index < -0.39 is 0 Å². The average molecular weight is 371 g/mol. The van der Waals surface area contributed by atoms with Crippen LogP contribution in [0.3, 0.4) is 0 Å². The van der Waals surface area contributed by atoms with Gasteiger partial charge < -0.3 is 15.0 Å². The molecule has 3 aromatic carbocycles. The van der Waals surface area contributed by atoms with Gasteiger partial charge in [-0.25, -0.2) is 4.98 Å². The molecule has 1 heterocycles. The molecular weight excluding hydrogens is 350 g/mol. The molecule has 0 saturated carbocycles. The maximum atomic E-state index is 12.3. The van der Waals surface area contributed by atoms with Crippen LogP contribution >= 0.6 is 0 Å². The maximum Gasteiger partial charge on any atom is 0.246 e. The van der Waals surface area contributed by atoms with Crippen molar-refractivity contribution < 1.29 is 9.53 Å². The Labute approximate surface area is 163 Å². The zero-order chi connectivity index (χ0) is 19.2. The van der Waals surface area contributed by atoms with Crippen molar-refractivity contribution in [2.24, 2.45) is 0 Å². The summed E-state index contributed by atoms with van der Waals surface area (Å²) >= 11 is 0. The van der Waals surface area contributed by atoms with Crippen LogP contribution in [-0.2, 0) is 16.1 Å². The minimum Gasteiger partial charge on any atom is -0.359 e. The van der Waals surface area contributed by atoms with E-state index in [9.17, 15) is 4.79 Å². The molecule has 0 radical (unpaired) electrons. The molecule has 0 aliphatic rings. The molecule has 140 valence electrons. The molecular formula is C23H21N3O2. The fourth-order valence-electron chi connectivity index (χ4n) is 3.12. The number of carbonyl (C=O) groups is 1. The zero-order valence-corrected chi connectivity index (χ0v) is 15.3. The number of fused-ring (bicyclic) bond motifs is 1. The summed E-state index contributed by atoms with van der Waals surface area (Å²) in [4.78, 5) is 20.0. The molecule has 5 nitrogen and oxygen atoms in total. The molecule has 0 aliphatic carbocycles. The summed E-state index contributed by atoms with van der Waals surface area (Å²) in [7, 11) is 0. The van der Waals surface area contributed by atoms with Gasteiger partial charge in [0.2, 0.25) is 5.91 Å². The normalized spacial score (nSPS) is 11.0. The Morgan fingerprint density at radius 2 is 1.50 bits per heavy atom. The van der Waals surface area contributed by atoms with Crippen LogP contribution in [0.2, 0.25) is 0 Å². The Balaban J connectivity index is 1.38. The maximum absolute atomic E-state index is 12.3. The standard InChI is InChI=1S/C23H21N3O2/c27-22(24-15-21-25-19-13-7-8-14-20(19)26-21)16-28-23(17-9-3-1-4-10-17)18-11-5-2-6-12-18/h1-14,23H,15-16H2,(H,24,27)(H,25,26). The highest BCUT2D eigenvalue weighted by Crippen LogP contribution is 2.25. The second kappa shape index (κ2) is 8.50. The molecule has 0 fully saturated rings. The molecule has 0 spiro atoms. The van der Waals surface area contributed by atoms with Crippen LogP contribution in [0.25, 0.3) is 11.0 Å². The summed E-state index contributed by atoms with van der Waals surface area (Å²) in [5, 5.41) is 2.86. The quantitative estimate of drug-likeness (QED) is 0.516. The Bertz CT molecular complexity index is 973. The number of aromatic nitrogens is 2. The van der Waals surface area contributed by atoms with Gasteiger partial charge in [0.05, 0.1) is 17.6 Å². The number of para-hydroxylation sites is 2. The van der Waals surface area contributed by atoms with Crippen molar-refractivity contribution in [2.75, 3.05) is 6.61 Å². The minimum atomic E-state index is -0.292. The van der Waals surface area contributed by atoms with Gasteiger partial charge in [0.15, 0.2) is 0 Å². The lowest BCUT2D eigenvalue weighted by Gasteiger charge is -2.18. The largest absolute Gasteiger partial charge is 0.359 e. The first kappa shape index (κ1) is 17.9. The number of aromatic amines is 1. The summed E-state index contributed by atoms with van der Waals surface area (Å²) in [6.07, 6.45) is -0.292. The molecule has 1 aromatic heterocycles. The summed E-state index contributed by atoms with van der Waals surface area (Å²) in [6, 6.07) is 27.6. The lowest BCUT2D eigenvalue weighted by Crippen LogP contribution is -2.28. The number of nitrogens with one attached hydrogen (secondary N) is 2. The van der Waals surface area contributed by atoms with Crippen molar-refractivity contribution in [2.45, 2.75) is 12.6 Å². The number of amides is 1. The topological polar surface area (TPSA) is 67.0 Å². The number of benzene rings is 3. The molecule has 1 amide bonds. The monoisotopic (exact) mass is 371 g/mol. The van der Waals surface area contributed by atoms with Crippen molar-refractivity contribution in [1.82, 2.24) is 15.3 Å². The number of imidazole rings is 1. The fraction of sp³-hybridized carbons (Fsp3) is 0.130. The lowest BCUT2D eigenvalue weighted by molar-refractivity contribution is -0.127.